The van der Waals surface area contributed by atoms with Crippen LogP contribution in [0.25, 0.3) is 0 Å². The topological polar surface area (TPSA) is 18.8 Å². The summed E-state index contributed by atoms with van der Waals surface area (Å²) in [4.78, 5) is 10.2. The van der Waals surface area contributed by atoms with Crippen LogP contribution in [0.4, 0.5) is 17.1 Å². The molecule has 0 fully saturated rings. The monoisotopic (exact) mass is 369 g/mol. The molecule has 0 atom stereocenters. The van der Waals surface area contributed by atoms with Crippen LogP contribution in [-0.2, 0) is 0 Å². The fraction of sp³-hybridized carbons (Fsp3) is 0.625. The Kier molecular flexibility index (Phi) is 6.44. The molecule has 2 aromatic carbocycles. The molecule has 0 bridgehead atoms. The molecule has 0 saturated heterocycles. The summed E-state index contributed by atoms with van der Waals surface area (Å²) < 4.78 is 0. The molecule has 0 spiro atoms. The zero-order chi connectivity index (χ0) is 20.6. The summed E-state index contributed by atoms with van der Waals surface area (Å²) >= 11 is 0. The maximum Gasteiger partial charge on any atom is 0.115 e. The van der Waals surface area contributed by atoms with E-state index in [1.54, 1.807) is 0 Å². The fourth-order valence-electron chi connectivity index (χ4n) is 4.44. The van der Waals surface area contributed by atoms with Crippen LogP contribution in [0.1, 0.15) is 72.1 Å². The van der Waals surface area contributed by atoms with Crippen molar-refractivity contribution >= 4 is 17.1 Å². The molecule has 2 rings (SSSR count). The Hall–Kier alpha value is -1.77. The molecule has 0 heterocycles. The normalized spacial score (nSPS) is 12.1. The van der Waals surface area contributed by atoms with Crippen LogP contribution >= 0.6 is 0 Å². The van der Waals surface area contributed by atoms with Gasteiger partial charge in [0, 0.05) is 24.2 Å². The molecule has 3 nitrogen and oxygen atoms in total. The first-order valence-electron chi connectivity index (χ1n) is 10.5. The minimum Gasteiger partial charge on any atom is -0.363 e. The van der Waals surface area contributed by atoms with Gasteiger partial charge in [0.15, 0.2) is 0 Å². The Morgan fingerprint density at radius 3 is 1.26 bits per heavy atom. The van der Waals surface area contributed by atoms with Crippen LogP contribution in [0.15, 0.2) is 17.1 Å². The Labute approximate surface area is 166 Å². The molecule has 150 valence electrons. The van der Waals surface area contributed by atoms with Crippen LogP contribution in [0.2, 0.25) is 0 Å². The summed E-state index contributed by atoms with van der Waals surface area (Å²) in [5, 5.41) is 1.18. The number of aryl methyl sites for hydroxylation is 3. The third kappa shape index (κ3) is 4.39. The second-order valence-corrected chi connectivity index (χ2v) is 9.09. The van der Waals surface area contributed by atoms with Crippen molar-refractivity contribution in [2.45, 2.75) is 100 Å². The summed E-state index contributed by atoms with van der Waals surface area (Å²) in [6, 6.07) is 6.26. The summed E-state index contributed by atoms with van der Waals surface area (Å²) in [5.41, 5.74) is 7.61. The molecule has 0 aliphatic rings. The van der Waals surface area contributed by atoms with Gasteiger partial charge in [-0.15, -0.1) is 0 Å². The molecule has 2 aromatic rings. The summed E-state index contributed by atoms with van der Waals surface area (Å²) in [7, 11) is 0. The van der Waals surface area contributed by atoms with E-state index in [1.807, 2.05) is 0 Å². The van der Waals surface area contributed by atoms with Gasteiger partial charge in [-0.3, -0.25) is 0 Å². The number of hydrogen-bond acceptors (Lipinski definition) is 3. The van der Waals surface area contributed by atoms with E-state index >= 15 is 0 Å². The van der Waals surface area contributed by atoms with Crippen LogP contribution in [0, 0.1) is 20.8 Å². The van der Waals surface area contributed by atoms with E-state index in [2.05, 4.69) is 98.1 Å². The van der Waals surface area contributed by atoms with E-state index in [-0.39, 0.29) is 0 Å². The van der Waals surface area contributed by atoms with Crippen molar-refractivity contribution in [2.75, 3.05) is 9.80 Å². The average molecular weight is 370 g/mol. The summed E-state index contributed by atoms with van der Waals surface area (Å²) in [6.07, 6.45) is 0. The highest BCUT2D eigenvalue weighted by Crippen LogP contribution is 2.39. The lowest BCUT2D eigenvalue weighted by Gasteiger charge is -2.33. The van der Waals surface area contributed by atoms with Crippen molar-refractivity contribution in [3.63, 3.8) is 0 Å². The lowest BCUT2D eigenvalue weighted by Crippen LogP contribution is -2.38. The van der Waals surface area contributed by atoms with Gasteiger partial charge in [-0.05, 0) is 87.3 Å². The van der Waals surface area contributed by atoms with E-state index in [9.17, 15) is 0 Å². The average Bonchev–Trinajstić information content (AvgIpc) is 3.14. The standard InChI is InChI=1S/C24H39N3/c1-14(2)26(15(3)4)23-22(24(23)27(16(5)6)17(7)8)25-21-19(10)12-18(9)13-20(21)11/h12-17H,1-11H3. The van der Waals surface area contributed by atoms with Crippen LogP contribution in [0.3, 0.4) is 0 Å². The van der Waals surface area contributed by atoms with E-state index in [4.69, 9.17) is 4.99 Å². The van der Waals surface area contributed by atoms with E-state index in [0.29, 0.717) is 24.2 Å². The minimum atomic E-state index is 0.448. The molecule has 0 saturated carbocycles. The summed E-state index contributed by atoms with van der Waals surface area (Å²) in [6.45, 7) is 24.7. The van der Waals surface area contributed by atoms with Crippen LogP contribution in [0.5, 0.6) is 0 Å². The molecule has 0 N–H and O–H groups in total. The zero-order valence-corrected chi connectivity index (χ0v) is 19.3. The van der Waals surface area contributed by atoms with Crippen LogP contribution < -0.4 is 15.2 Å². The number of hydrogen-bond donors (Lipinski definition) is 0. The summed E-state index contributed by atoms with van der Waals surface area (Å²) in [5.74, 6) is 0. The molecule has 27 heavy (non-hydrogen) atoms. The quantitative estimate of drug-likeness (QED) is 0.599. The highest BCUT2D eigenvalue weighted by Gasteiger charge is 2.35. The largest absolute Gasteiger partial charge is 0.363 e. The van der Waals surface area contributed by atoms with Gasteiger partial charge in [-0.1, -0.05) is 17.7 Å². The smallest absolute Gasteiger partial charge is 0.115 e. The highest BCUT2D eigenvalue weighted by molar-refractivity contribution is 5.86. The molecule has 0 aromatic heterocycles. The molecule has 0 aliphatic carbocycles. The fourth-order valence-corrected chi connectivity index (χ4v) is 4.44. The van der Waals surface area contributed by atoms with Gasteiger partial charge in [0.25, 0.3) is 0 Å². The van der Waals surface area contributed by atoms with Crippen molar-refractivity contribution in [1.29, 1.82) is 0 Å². The highest BCUT2D eigenvalue weighted by atomic mass is 15.3. The van der Waals surface area contributed by atoms with Gasteiger partial charge in [0.1, 0.15) is 5.36 Å². The van der Waals surface area contributed by atoms with E-state index in [1.165, 1.54) is 33.4 Å². The molecular weight excluding hydrogens is 330 g/mol. The van der Waals surface area contributed by atoms with Gasteiger partial charge in [-0.2, -0.15) is 0 Å². The molecular formula is C24H39N3. The van der Waals surface area contributed by atoms with Crippen LogP contribution in [-0.4, -0.2) is 24.2 Å². The van der Waals surface area contributed by atoms with Gasteiger partial charge < -0.3 is 9.80 Å². The van der Waals surface area contributed by atoms with Crippen molar-refractivity contribution in [2.24, 2.45) is 4.99 Å². The van der Waals surface area contributed by atoms with E-state index < -0.39 is 0 Å². The van der Waals surface area contributed by atoms with Gasteiger partial charge in [0.2, 0.25) is 0 Å². The molecule has 0 aliphatic heterocycles. The lowest BCUT2D eigenvalue weighted by atomic mass is 10.1. The maximum absolute atomic E-state index is 5.20. The Morgan fingerprint density at radius 2 is 0.963 bits per heavy atom. The molecule has 0 radical (unpaired) electrons. The predicted molar refractivity (Wildman–Crippen MR) is 120 cm³/mol. The number of rotatable bonds is 7. The first-order chi connectivity index (χ1) is 12.5. The molecule has 0 unspecified atom stereocenters. The van der Waals surface area contributed by atoms with Crippen molar-refractivity contribution in [3.05, 3.63) is 34.2 Å². The SMILES string of the molecule is Cc1cc(C)c(N=c2c(N(C(C)C)C(C)C)c2N(C(C)C)C(C)C)c(C)c1. The second-order valence-electron chi connectivity index (χ2n) is 9.09. The first kappa shape index (κ1) is 21.5. The third-order valence-electron chi connectivity index (χ3n) is 5.21. The molecule has 0 amide bonds. The van der Waals surface area contributed by atoms with Crippen molar-refractivity contribution in [3.8, 4) is 0 Å². The van der Waals surface area contributed by atoms with Crippen molar-refractivity contribution in [1.82, 2.24) is 0 Å². The second kappa shape index (κ2) is 8.08. The zero-order valence-electron chi connectivity index (χ0n) is 19.3. The lowest BCUT2D eigenvalue weighted by molar-refractivity contribution is 0.598. The third-order valence-corrected chi connectivity index (χ3v) is 5.21. The molecule has 3 heteroatoms. The Balaban J connectivity index is 2.69. The number of anilines is 2. The van der Waals surface area contributed by atoms with Gasteiger partial charge >= 0.3 is 0 Å². The predicted octanol–water partition coefficient (Wildman–Crippen LogP) is 5.97. The number of nitrogens with zero attached hydrogens (tertiary/aromatic N) is 3. The Morgan fingerprint density at radius 1 is 0.630 bits per heavy atom. The Bertz CT molecular complexity index is 727. The first-order valence-corrected chi connectivity index (χ1v) is 10.5. The van der Waals surface area contributed by atoms with Crippen molar-refractivity contribution < 1.29 is 0 Å². The minimum absolute atomic E-state index is 0.448. The van der Waals surface area contributed by atoms with Gasteiger partial charge in [-0.25, -0.2) is 4.99 Å². The van der Waals surface area contributed by atoms with Gasteiger partial charge in [0.05, 0.1) is 17.1 Å². The van der Waals surface area contributed by atoms with E-state index in [0.717, 1.165) is 5.69 Å². The maximum atomic E-state index is 5.20. The number of benzene rings is 1.